The molecule has 8 nitrogen and oxygen atoms in total. The maximum Gasteiger partial charge on any atom is 0.340 e. The van der Waals surface area contributed by atoms with E-state index >= 15 is 0 Å². The van der Waals surface area contributed by atoms with Gasteiger partial charge in [0.15, 0.2) is 17.1 Å². The molecule has 3 rings (SSSR count). The van der Waals surface area contributed by atoms with Crippen molar-refractivity contribution < 1.29 is 19.1 Å². The number of nitrogens with zero attached hydrogens (tertiary/aromatic N) is 3. The van der Waals surface area contributed by atoms with Crippen molar-refractivity contribution in [1.82, 2.24) is 14.8 Å². The molecule has 30 heavy (non-hydrogen) atoms. The summed E-state index contributed by atoms with van der Waals surface area (Å²) in [5.74, 6) is 0.799. The molecule has 0 bridgehead atoms. The first-order valence-electron chi connectivity index (χ1n) is 9.11. The molecule has 10 heteroatoms. The van der Waals surface area contributed by atoms with Crippen molar-refractivity contribution in [3.05, 3.63) is 52.7 Å². The van der Waals surface area contributed by atoms with Gasteiger partial charge in [0.1, 0.15) is 10.8 Å². The Balaban J connectivity index is 1.60. The van der Waals surface area contributed by atoms with Gasteiger partial charge in [-0.15, -0.1) is 21.5 Å². The highest BCUT2D eigenvalue weighted by Gasteiger charge is 2.20. The lowest BCUT2D eigenvalue weighted by atomic mass is 10.3. The Hall–Kier alpha value is -2.85. The fourth-order valence-electron chi connectivity index (χ4n) is 2.72. The number of benzene rings is 1. The highest BCUT2D eigenvalue weighted by atomic mass is 32.2. The van der Waals surface area contributed by atoms with Crippen LogP contribution in [0.1, 0.15) is 34.1 Å². The Morgan fingerprint density at radius 3 is 2.70 bits per heavy atom. The fraction of sp³-hybridized carbons (Fsp3) is 0.300. The smallest absolute Gasteiger partial charge is 0.340 e. The molecule has 1 N–H and O–H groups in total. The van der Waals surface area contributed by atoms with Gasteiger partial charge in [0.25, 0.3) is 0 Å². The van der Waals surface area contributed by atoms with Gasteiger partial charge in [-0.1, -0.05) is 30.0 Å². The zero-order valence-electron chi connectivity index (χ0n) is 17.0. The van der Waals surface area contributed by atoms with Crippen molar-refractivity contribution in [2.24, 2.45) is 7.05 Å². The van der Waals surface area contributed by atoms with E-state index in [1.807, 2.05) is 51.2 Å². The van der Waals surface area contributed by atoms with Gasteiger partial charge in [-0.2, -0.15) is 0 Å². The minimum atomic E-state index is -0.479. The second kappa shape index (κ2) is 9.77. The number of carbonyl (C=O) groups excluding carboxylic acids is 2. The molecule has 3 aromatic rings. The predicted octanol–water partition coefficient (Wildman–Crippen LogP) is 3.84. The molecule has 0 saturated carbocycles. The Morgan fingerprint density at radius 2 is 2.00 bits per heavy atom. The summed E-state index contributed by atoms with van der Waals surface area (Å²) in [6, 6.07) is 11.2. The third-order valence-corrected chi connectivity index (χ3v) is 6.12. The first-order chi connectivity index (χ1) is 14.4. The normalized spacial score (nSPS) is 11.7. The van der Waals surface area contributed by atoms with Gasteiger partial charge < -0.3 is 19.4 Å². The molecule has 0 saturated heterocycles. The summed E-state index contributed by atoms with van der Waals surface area (Å²) in [6.45, 7) is 3.76. The molecule has 1 aromatic carbocycles. The monoisotopic (exact) mass is 446 g/mol. The van der Waals surface area contributed by atoms with E-state index in [4.69, 9.17) is 9.47 Å². The summed E-state index contributed by atoms with van der Waals surface area (Å²) in [5, 5.41) is 12.2. The van der Waals surface area contributed by atoms with Crippen LogP contribution in [0.2, 0.25) is 0 Å². The first kappa shape index (κ1) is 21.8. The number of esters is 1. The van der Waals surface area contributed by atoms with Gasteiger partial charge in [-0.25, -0.2) is 4.79 Å². The van der Waals surface area contributed by atoms with Crippen molar-refractivity contribution in [2.75, 3.05) is 18.2 Å². The fourth-order valence-corrected chi connectivity index (χ4v) is 4.36. The number of aryl methyl sites for hydroxylation is 1. The second-order valence-electron chi connectivity index (χ2n) is 6.40. The minimum absolute atomic E-state index is 0.122. The van der Waals surface area contributed by atoms with Gasteiger partial charge >= 0.3 is 5.97 Å². The summed E-state index contributed by atoms with van der Waals surface area (Å²) in [7, 11) is 3.14. The summed E-state index contributed by atoms with van der Waals surface area (Å²) >= 11 is 2.58. The number of nitrogens with one attached hydrogen (secondary N) is 1. The van der Waals surface area contributed by atoms with Crippen molar-refractivity contribution in [2.45, 2.75) is 25.1 Å². The highest BCUT2D eigenvalue weighted by Crippen LogP contribution is 2.29. The maximum absolute atomic E-state index is 12.4. The van der Waals surface area contributed by atoms with Crippen LogP contribution < -0.4 is 10.1 Å². The van der Waals surface area contributed by atoms with Crippen LogP contribution in [0.25, 0.3) is 0 Å². The van der Waals surface area contributed by atoms with Crippen molar-refractivity contribution in [3.8, 4) is 5.75 Å². The molecule has 1 unspecified atom stereocenters. The van der Waals surface area contributed by atoms with E-state index in [1.54, 1.807) is 10.6 Å². The number of para-hydroxylation sites is 1. The average molecular weight is 447 g/mol. The van der Waals surface area contributed by atoms with Crippen LogP contribution >= 0.6 is 23.1 Å². The number of aromatic nitrogens is 3. The van der Waals surface area contributed by atoms with Crippen LogP contribution in [0, 0.1) is 6.92 Å². The van der Waals surface area contributed by atoms with Gasteiger partial charge in [-0.3, -0.25) is 4.79 Å². The molecule has 1 atom stereocenters. The second-order valence-corrected chi connectivity index (χ2v) is 8.60. The summed E-state index contributed by atoms with van der Waals surface area (Å²) in [5.41, 5.74) is 0.353. The highest BCUT2D eigenvalue weighted by molar-refractivity contribution is 7.99. The lowest BCUT2D eigenvalue weighted by Crippen LogP contribution is -2.16. The van der Waals surface area contributed by atoms with Crippen molar-refractivity contribution in [1.29, 1.82) is 0 Å². The topological polar surface area (TPSA) is 95.3 Å². The number of hydrogen-bond donors (Lipinski definition) is 1. The van der Waals surface area contributed by atoms with Gasteiger partial charge in [0.05, 0.1) is 18.4 Å². The molecule has 2 heterocycles. The van der Waals surface area contributed by atoms with Gasteiger partial charge in [-0.05, 0) is 32.0 Å². The first-order valence-corrected chi connectivity index (χ1v) is 10.9. The number of amides is 1. The molecule has 0 aliphatic heterocycles. The van der Waals surface area contributed by atoms with Crippen LogP contribution in [-0.2, 0) is 16.6 Å². The van der Waals surface area contributed by atoms with E-state index in [0.29, 0.717) is 21.5 Å². The largest absolute Gasteiger partial charge is 0.483 e. The molecule has 0 spiro atoms. The summed E-state index contributed by atoms with van der Waals surface area (Å²) < 4.78 is 12.5. The average Bonchev–Trinajstić information content (AvgIpc) is 3.28. The predicted molar refractivity (Wildman–Crippen MR) is 116 cm³/mol. The lowest BCUT2D eigenvalue weighted by Gasteiger charge is -2.14. The third-order valence-electron chi connectivity index (χ3n) is 4.13. The molecule has 2 aromatic heterocycles. The van der Waals surface area contributed by atoms with Crippen molar-refractivity contribution >= 4 is 40.0 Å². The number of carbonyl (C=O) groups is 2. The number of methoxy groups -OCH3 is 1. The zero-order valence-corrected chi connectivity index (χ0v) is 18.7. The summed E-state index contributed by atoms with van der Waals surface area (Å²) in [6.07, 6.45) is -0.301. The Morgan fingerprint density at radius 1 is 1.27 bits per heavy atom. The van der Waals surface area contributed by atoms with Gasteiger partial charge in [0, 0.05) is 11.9 Å². The zero-order chi connectivity index (χ0) is 21.7. The number of ether oxygens (including phenoxy) is 2. The van der Waals surface area contributed by atoms with E-state index in [2.05, 4.69) is 15.5 Å². The minimum Gasteiger partial charge on any atom is -0.483 e. The van der Waals surface area contributed by atoms with Crippen LogP contribution in [0.3, 0.4) is 0 Å². The summed E-state index contributed by atoms with van der Waals surface area (Å²) in [4.78, 5) is 25.1. The third kappa shape index (κ3) is 5.19. The molecular formula is C20H22N4O4S2. The SMILES string of the molecule is COC(=O)c1cc(C)sc1NC(=O)CSc1nnc(C(C)Oc2ccccc2)n1C. The number of hydrogen-bond acceptors (Lipinski definition) is 8. The number of anilines is 1. The van der Waals surface area contributed by atoms with E-state index in [0.717, 1.165) is 10.6 Å². The maximum atomic E-state index is 12.4. The van der Waals surface area contributed by atoms with Crippen LogP contribution in [0.4, 0.5) is 5.00 Å². The molecule has 1 amide bonds. The van der Waals surface area contributed by atoms with Crippen molar-refractivity contribution in [3.63, 3.8) is 0 Å². The quantitative estimate of drug-likeness (QED) is 0.415. The molecular weight excluding hydrogens is 424 g/mol. The lowest BCUT2D eigenvalue weighted by molar-refractivity contribution is -0.113. The van der Waals surface area contributed by atoms with Crippen LogP contribution in [-0.4, -0.2) is 39.5 Å². The molecule has 158 valence electrons. The van der Waals surface area contributed by atoms with E-state index in [1.165, 1.54) is 30.2 Å². The van der Waals surface area contributed by atoms with E-state index in [-0.39, 0.29) is 17.8 Å². The molecule has 0 aliphatic carbocycles. The standard InChI is InChI=1S/C20H22N4O4S2/c1-12-10-15(19(26)27-4)18(30-12)21-16(25)11-29-20-23-22-17(24(20)3)13(2)28-14-8-6-5-7-9-14/h5-10,13H,11H2,1-4H3,(H,21,25). The van der Waals surface area contributed by atoms with Crippen LogP contribution in [0.15, 0.2) is 41.6 Å². The number of thiophene rings is 1. The number of thioether (sulfide) groups is 1. The van der Waals surface area contributed by atoms with Gasteiger partial charge in [0.2, 0.25) is 5.91 Å². The Kier molecular flexibility index (Phi) is 7.11. The number of rotatable bonds is 8. The molecule has 0 aliphatic rings. The van der Waals surface area contributed by atoms with E-state index < -0.39 is 5.97 Å². The molecule has 0 fully saturated rings. The van der Waals surface area contributed by atoms with Crippen LogP contribution in [0.5, 0.6) is 5.75 Å². The van der Waals surface area contributed by atoms with E-state index in [9.17, 15) is 9.59 Å². The Bertz CT molecular complexity index is 1030. The molecule has 0 radical (unpaired) electrons. The Labute approximate surface area is 182 Å².